The summed E-state index contributed by atoms with van der Waals surface area (Å²) in [5.74, 6) is 0. The second-order valence-corrected chi connectivity index (χ2v) is 8.35. The maximum Gasteiger partial charge on any atom is 0.410 e. The Labute approximate surface area is 143 Å². The van der Waals surface area contributed by atoms with E-state index in [0.29, 0.717) is 25.9 Å². The van der Waals surface area contributed by atoms with Gasteiger partial charge in [-0.2, -0.15) is 0 Å². The topological polar surface area (TPSA) is 62.7 Å². The molecule has 2 heterocycles. The summed E-state index contributed by atoms with van der Waals surface area (Å²) in [5.41, 5.74) is -1.36. The van der Waals surface area contributed by atoms with Crippen molar-refractivity contribution < 1.29 is 14.6 Å². The largest absolute Gasteiger partial charge is 0.444 e. The molecule has 0 aromatic carbocycles. The van der Waals surface area contributed by atoms with Crippen LogP contribution < -0.4 is 0 Å². The number of aliphatic hydroxyl groups is 1. The lowest BCUT2D eigenvalue weighted by Gasteiger charge is -2.33. The molecule has 1 aromatic heterocycles. The van der Waals surface area contributed by atoms with Crippen LogP contribution in [0, 0.1) is 0 Å². The van der Waals surface area contributed by atoms with Gasteiger partial charge >= 0.3 is 6.09 Å². The second kappa shape index (κ2) is 6.84. The van der Waals surface area contributed by atoms with Gasteiger partial charge in [-0.25, -0.2) is 9.78 Å². The Balaban J connectivity index is 1.97. The summed E-state index contributed by atoms with van der Waals surface area (Å²) in [4.78, 5) is 18.2. The van der Waals surface area contributed by atoms with Gasteiger partial charge in [-0.15, -0.1) is 11.3 Å². The fraction of sp³-hybridized carbons (Fsp3) is 0.733. The van der Waals surface area contributed by atoms with Crippen LogP contribution in [0.25, 0.3) is 0 Å². The second-order valence-electron chi connectivity index (χ2n) is 6.68. The summed E-state index contributed by atoms with van der Waals surface area (Å²) < 4.78 is 6.18. The lowest BCUT2D eigenvalue weighted by Crippen LogP contribution is -2.41. The van der Waals surface area contributed by atoms with Gasteiger partial charge in [-0.3, -0.25) is 0 Å². The Morgan fingerprint density at radius 2 is 2.00 bits per heavy atom. The summed E-state index contributed by atoms with van der Waals surface area (Å²) in [5, 5.41) is 13.5. The summed E-state index contributed by atoms with van der Waals surface area (Å²) in [6.07, 6.45) is 2.40. The third-order valence-electron chi connectivity index (χ3n) is 3.56. The van der Waals surface area contributed by atoms with Crippen LogP contribution >= 0.6 is 27.3 Å². The standard InChI is InChI=1S/C15H23BrN2O3S/c1-14(2,3)21-13(19)18-8-4-6-15(20,7-5-9-18)12-17-11(16)10-22-12/h10,20H,4-9H2,1-3H3. The molecular weight excluding hydrogens is 368 g/mol. The van der Waals surface area contributed by atoms with Gasteiger partial charge in [0.05, 0.1) is 0 Å². The molecule has 5 nitrogen and oxygen atoms in total. The molecule has 2 rings (SSSR count). The summed E-state index contributed by atoms with van der Waals surface area (Å²) in [6.45, 7) is 6.81. The third kappa shape index (κ3) is 4.67. The first-order chi connectivity index (χ1) is 10.2. The van der Waals surface area contributed by atoms with Gasteiger partial charge in [-0.1, -0.05) is 0 Å². The highest BCUT2D eigenvalue weighted by Gasteiger charge is 2.34. The fourth-order valence-corrected chi connectivity index (χ4v) is 3.96. The highest BCUT2D eigenvalue weighted by molar-refractivity contribution is 9.10. The lowest BCUT2D eigenvalue weighted by atomic mass is 9.91. The first kappa shape index (κ1) is 17.7. The smallest absolute Gasteiger partial charge is 0.410 e. The first-order valence-corrected chi connectivity index (χ1v) is 9.19. The Hall–Kier alpha value is -0.660. The molecule has 124 valence electrons. The molecule has 0 atom stereocenters. The Morgan fingerprint density at radius 3 is 2.45 bits per heavy atom. The molecule has 1 amide bonds. The van der Waals surface area contributed by atoms with Crippen molar-refractivity contribution in [1.29, 1.82) is 0 Å². The van der Waals surface area contributed by atoms with E-state index in [-0.39, 0.29) is 6.09 Å². The molecule has 1 aromatic rings. The van der Waals surface area contributed by atoms with E-state index >= 15 is 0 Å². The zero-order valence-corrected chi connectivity index (χ0v) is 15.7. The number of hydrogen-bond donors (Lipinski definition) is 1. The summed E-state index contributed by atoms with van der Waals surface area (Å²) in [6, 6.07) is 0. The van der Waals surface area contributed by atoms with E-state index in [1.807, 2.05) is 26.2 Å². The monoisotopic (exact) mass is 390 g/mol. The van der Waals surface area contributed by atoms with Crippen LogP contribution in [0.2, 0.25) is 0 Å². The predicted molar refractivity (Wildman–Crippen MR) is 90.0 cm³/mol. The van der Waals surface area contributed by atoms with E-state index in [2.05, 4.69) is 20.9 Å². The van der Waals surface area contributed by atoms with Crippen molar-refractivity contribution in [3.05, 3.63) is 15.0 Å². The summed E-state index contributed by atoms with van der Waals surface area (Å²) in [7, 11) is 0. The van der Waals surface area contributed by atoms with Crippen molar-refractivity contribution in [2.75, 3.05) is 13.1 Å². The predicted octanol–water partition coefficient (Wildman–Crippen LogP) is 3.90. The molecule has 0 radical (unpaired) electrons. The van der Waals surface area contributed by atoms with Crippen LogP contribution in [0.3, 0.4) is 0 Å². The molecule has 0 spiro atoms. The van der Waals surface area contributed by atoms with Crippen LogP contribution in [0.5, 0.6) is 0 Å². The molecule has 1 aliphatic heterocycles. The van der Waals surface area contributed by atoms with Crippen molar-refractivity contribution in [3.8, 4) is 0 Å². The Morgan fingerprint density at radius 1 is 1.41 bits per heavy atom. The van der Waals surface area contributed by atoms with E-state index in [4.69, 9.17) is 4.74 Å². The maximum atomic E-state index is 12.1. The van der Waals surface area contributed by atoms with Crippen molar-refractivity contribution >= 4 is 33.4 Å². The molecule has 0 aliphatic carbocycles. The molecule has 1 fully saturated rings. The van der Waals surface area contributed by atoms with Crippen molar-refractivity contribution in [3.63, 3.8) is 0 Å². The number of carbonyl (C=O) groups is 1. The number of amides is 1. The molecule has 1 aliphatic rings. The molecule has 1 N–H and O–H groups in total. The third-order valence-corrected chi connectivity index (χ3v) is 5.31. The number of hydrogen-bond acceptors (Lipinski definition) is 5. The number of aromatic nitrogens is 1. The van der Waals surface area contributed by atoms with Gasteiger partial charge in [0.15, 0.2) is 0 Å². The zero-order valence-electron chi connectivity index (χ0n) is 13.3. The zero-order chi connectivity index (χ0) is 16.4. The average molecular weight is 391 g/mol. The molecule has 7 heteroatoms. The molecule has 0 saturated carbocycles. The van der Waals surface area contributed by atoms with Crippen LogP contribution in [-0.4, -0.2) is 39.8 Å². The highest BCUT2D eigenvalue weighted by Crippen LogP contribution is 2.36. The van der Waals surface area contributed by atoms with E-state index in [1.54, 1.807) is 4.90 Å². The minimum Gasteiger partial charge on any atom is -0.444 e. The van der Waals surface area contributed by atoms with E-state index < -0.39 is 11.2 Å². The molecule has 0 unspecified atom stereocenters. The molecular formula is C15H23BrN2O3S. The van der Waals surface area contributed by atoms with Crippen molar-refractivity contribution in [2.45, 2.75) is 57.7 Å². The number of nitrogens with zero attached hydrogens (tertiary/aromatic N) is 2. The number of carbonyl (C=O) groups excluding carboxylic acids is 1. The maximum absolute atomic E-state index is 12.1. The van der Waals surface area contributed by atoms with E-state index in [1.165, 1.54) is 11.3 Å². The van der Waals surface area contributed by atoms with Crippen molar-refractivity contribution in [1.82, 2.24) is 9.88 Å². The van der Waals surface area contributed by atoms with Gasteiger partial charge in [0, 0.05) is 18.5 Å². The van der Waals surface area contributed by atoms with Crippen LogP contribution in [-0.2, 0) is 10.3 Å². The first-order valence-electron chi connectivity index (χ1n) is 7.51. The lowest BCUT2D eigenvalue weighted by molar-refractivity contribution is -0.00860. The summed E-state index contributed by atoms with van der Waals surface area (Å²) >= 11 is 4.81. The quantitative estimate of drug-likeness (QED) is 0.789. The fourth-order valence-electron chi connectivity index (χ4n) is 2.55. The minimum absolute atomic E-state index is 0.269. The molecule has 0 bridgehead atoms. The van der Waals surface area contributed by atoms with Gasteiger partial charge in [0.25, 0.3) is 0 Å². The normalized spacial score (nSPS) is 19.4. The number of thiazole rings is 1. The Kier molecular flexibility index (Phi) is 5.50. The SMILES string of the molecule is CC(C)(C)OC(=O)N1CCCC(O)(c2nc(Br)cs2)CCC1. The number of halogens is 1. The van der Waals surface area contributed by atoms with Gasteiger partial charge < -0.3 is 14.7 Å². The van der Waals surface area contributed by atoms with Crippen LogP contribution in [0.1, 0.15) is 51.5 Å². The van der Waals surface area contributed by atoms with Crippen molar-refractivity contribution in [2.24, 2.45) is 0 Å². The Bertz CT molecular complexity index is 517. The van der Waals surface area contributed by atoms with Crippen LogP contribution in [0.4, 0.5) is 4.79 Å². The number of ether oxygens (including phenoxy) is 1. The van der Waals surface area contributed by atoms with Gasteiger partial charge in [0.1, 0.15) is 20.8 Å². The minimum atomic E-state index is -0.878. The van der Waals surface area contributed by atoms with E-state index in [0.717, 1.165) is 22.5 Å². The van der Waals surface area contributed by atoms with Gasteiger partial charge in [0.2, 0.25) is 0 Å². The van der Waals surface area contributed by atoms with E-state index in [9.17, 15) is 9.90 Å². The number of rotatable bonds is 1. The molecule has 1 saturated heterocycles. The number of likely N-dealkylation sites (tertiary alicyclic amines) is 1. The highest BCUT2D eigenvalue weighted by atomic mass is 79.9. The van der Waals surface area contributed by atoms with Crippen LogP contribution in [0.15, 0.2) is 9.98 Å². The average Bonchev–Trinajstić information content (AvgIpc) is 2.79. The molecule has 22 heavy (non-hydrogen) atoms. The van der Waals surface area contributed by atoms with Gasteiger partial charge in [-0.05, 0) is 62.4 Å².